The smallest absolute Gasteiger partial charge is 0.335 e. The molecule has 0 aromatic carbocycles. The van der Waals surface area contributed by atoms with Gasteiger partial charge in [-0.2, -0.15) is 0 Å². The molecule has 1 aromatic rings. The van der Waals surface area contributed by atoms with E-state index in [1.807, 2.05) is 6.92 Å². The van der Waals surface area contributed by atoms with Gasteiger partial charge in [0.05, 0.1) is 19.8 Å². The predicted octanol–water partition coefficient (Wildman–Crippen LogP) is 1.04. The van der Waals surface area contributed by atoms with Gasteiger partial charge in [0.15, 0.2) is 6.10 Å². The molecule has 21 heavy (non-hydrogen) atoms. The number of aliphatic carboxylic acids is 1. The average molecular weight is 297 g/mol. The summed E-state index contributed by atoms with van der Waals surface area (Å²) in [6.07, 6.45) is 0.419. The Balaban J connectivity index is 1.63. The molecule has 2 heterocycles. The maximum Gasteiger partial charge on any atom is 0.335 e. The Hall–Kier alpha value is -1.70. The van der Waals surface area contributed by atoms with Gasteiger partial charge in [0, 0.05) is 24.4 Å². The second kappa shape index (κ2) is 7.92. The summed E-state index contributed by atoms with van der Waals surface area (Å²) in [7, 11) is 0. The third-order valence-corrected chi connectivity index (χ3v) is 2.88. The normalized spacial score (nSPS) is 20.2. The molecule has 1 fully saturated rings. The lowest BCUT2D eigenvalue weighted by Gasteiger charge is -2.06. The van der Waals surface area contributed by atoms with Gasteiger partial charge in [0.2, 0.25) is 5.88 Å². The van der Waals surface area contributed by atoms with Gasteiger partial charge in [-0.05, 0) is 13.0 Å². The van der Waals surface area contributed by atoms with Crippen molar-refractivity contribution in [1.82, 2.24) is 4.98 Å². The van der Waals surface area contributed by atoms with E-state index in [0.717, 1.165) is 5.56 Å². The summed E-state index contributed by atoms with van der Waals surface area (Å²) in [5.74, 6) is -0.482. The van der Waals surface area contributed by atoms with Gasteiger partial charge >= 0.3 is 5.97 Å². The van der Waals surface area contributed by atoms with Crippen molar-refractivity contribution in [3.05, 3.63) is 23.9 Å². The zero-order valence-electron chi connectivity index (χ0n) is 11.9. The van der Waals surface area contributed by atoms with E-state index < -0.39 is 18.2 Å². The second-order valence-electron chi connectivity index (χ2n) is 4.40. The van der Waals surface area contributed by atoms with Crippen LogP contribution in [-0.2, 0) is 19.0 Å². The van der Waals surface area contributed by atoms with Crippen molar-refractivity contribution in [2.75, 3.05) is 33.0 Å². The molecule has 0 radical (unpaired) electrons. The van der Waals surface area contributed by atoms with Crippen LogP contribution in [-0.4, -0.2) is 55.2 Å². The second-order valence-corrected chi connectivity index (χ2v) is 4.40. The maximum absolute atomic E-state index is 10.7. The van der Waals surface area contributed by atoms with Crippen molar-refractivity contribution in [3.8, 4) is 5.88 Å². The maximum atomic E-state index is 10.7. The molecular formula is C14H19NO6. The van der Waals surface area contributed by atoms with Crippen LogP contribution in [0.1, 0.15) is 18.6 Å². The number of carboxylic acid groups (broad SMARTS) is 1. The third-order valence-electron chi connectivity index (χ3n) is 2.88. The number of hydrogen-bond donors (Lipinski definition) is 1. The molecule has 1 N–H and O–H groups in total. The minimum Gasteiger partial charge on any atom is -0.479 e. The summed E-state index contributed by atoms with van der Waals surface area (Å²) >= 11 is 0. The first-order chi connectivity index (χ1) is 10.2. The Morgan fingerprint density at radius 1 is 1.29 bits per heavy atom. The quantitative estimate of drug-likeness (QED) is 0.509. The number of hydrogen-bond acceptors (Lipinski definition) is 6. The van der Waals surface area contributed by atoms with Gasteiger partial charge < -0.3 is 24.1 Å². The molecule has 1 aliphatic rings. The van der Waals surface area contributed by atoms with Gasteiger partial charge in [-0.3, -0.25) is 0 Å². The number of carboxylic acids is 1. The van der Waals surface area contributed by atoms with Crippen LogP contribution >= 0.6 is 0 Å². The van der Waals surface area contributed by atoms with Crippen LogP contribution in [0.4, 0.5) is 0 Å². The highest BCUT2D eigenvalue weighted by Crippen LogP contribution is 2.38. The Labute approximate surface area is 122 Å². The molecule has 116 valence electrons. The van der Waals surface area contributed by atoms with Crippen molar-refractivity contribution < 1.29 is 28.8 Å². The van der Waals surface area contributed by atoms with Crippen LogP contribution in [0.5, 0.6) is 5.88 Å². The number of epoxide rings is 1. The molecule has 1 aliphatic heterocycles. The highest BCUT2D eigenvalue weighted by molar-refractivity contribution is 5.76. The van der Waals surface area contributed by atoms with Crippen LogP contribution in [0, 0.1) is 0 Å². The minimum atomic E-state index is -0.954. The van der Waals surface area contributed by atoms with E-state index in [-0.39, 0.29) is 0 Å². The van der Waals surface area contributed by atoms with Crippen LogP contribution in [0.15, 0.2) is 18.3 Å². The van der Waals surface area contributed by atoms with Crippen molar-refractivity contribution in [2.24, 2.45) is 0 Å². The van der Waals surface area contributed by atoms with Gasteiger partial charge in [0.1, 0.15) is 12.7 Å². The lowest BCUT2D eigenvalue weighted by atomic mass is 10.1. The lowest BCUT2D eigenvalue weighted by molar-refractivity contribution is -0.138. The van der Waals surface area contributed by atoms with Crippen molar-refractivity contribution in [2.45, 2.75) is 19.1 Å². The largest absolute Gasteiger partial charge is 0.479 e. The minimum absolute atomic E-state index is 0.397. The SMILES string of the molecule is CCOCCOCCOc1ccc(C2OC2C(=O)O)cn1. The van der Waals surface area contributed by atoms with Gasteiger partial charge in [-0.15, -0.1) is 0 Å². The molecule has 1 saturated heterocycles. The van der Waals surface area contributed by atoms with Crippen LogP contribution < -0.4 is 4.74 Å². The molecule has 0 aliphatic carbocycles. The average Bonchev–Trinajstić information content (AvgIpc) is 3.28. The zero-order valence-corrected chi connectivity index (χ0v) is 11.9. The molecule has 2 rings (SSSR count). The standard InChI is InChI=1S/C14H19NO6/c1-2-18-5-6-19-7-8-20-11-4-3-10(9-15-11)12-13(21-12)14(16)17/h3-4,9,12-13H,2,5-8H2,1H3,(H,16,17). The van der Waals surface area contributed by atoms with Gasteiger partial charge in [-0.1, -0.05) is 0 Å². The lowest BCUT2D eigenvalue weighted by Crippen LogP contribution is -2.11. The first kappa shape index (κ1) is 15.7. The fourth-order valence-corrected chi connectivity index (χ4v) is 1.77. The molecule has 0 spiro atoms. The number of nitrogens with zero attached hydrogens (tertiary/aromatic N) is 1. The number of aromatic nitrogens is 1. The topological polar surface area (TPSA) is 90.4 Å². The van der Waals surface area contributed by atoms with Gasteiger partial charge in [-0.25, -0.2) is 9.78 Å². The molecule has 1 aromatic heterocycles. The fourth-order valence-electron chi connectivity index (χ4n) is 1.77. The van der Waals surface area contributed by atoms with Crippen molar-refractivity contribution >= 4 is 5.97 Å². The molecule has 2 atom stereocenters. The van der Waals surface area contributed by atoms with E-state index in [1.54, 1.807) is 18.3 Å². The van der Waals surface area contributed by atoms with Gasteiger partial charge in [0.25, 0.3) is 0 Å². The summed E-state index contributed by atoms with van der Waals surface area (Å²) < 4.78 is 20.9. The monoisotopic (exact) mass is 297 g/mol. The molecule has 0 saturated carbocycles. The molecule has 7 nitrogen and oxygen atoms in total. The first-order valence-electron chi connectivity index (χ1n) is 6.85. The molecular weight excluding hydrogens is 278 g/mol. The van der Waals surface area contributed by atoms with Crippen LogP contribution in [0.25, 0.3) is 0 Å². The molecule has 0 bridgehead atoms. The summed E-state index contributed by atoms with van der Waals surface area (Å²) in [4.78, 5) is 14.8. The summed E-state index contributed by atoms with van der Waals surface area (Å²) in [6.45, 7) is 4.60. The number of carbonyl (C=O) groups is 1. The van der Waals surface area contributed by atoms with E-state index in [2.05, 4.69) is 4.98 Å². The van der Waals surface area contributed by atoms with E-state index in [1.165, 1.54) is 0 Å². The van der Waals surface area contributed by atoms with Crippen molar-refractivity contribution in [1.29, 1.82) is 0 Å². The summed E-state index contributed by atoms with van der Waals surface area (Å²) in [5.41, 5.74) is 0.739. The summed E-state index contributed by atoms with van der Waals surface area (Å²) in [5, 5.41) is 8.77. The predicted molar refractivity (Wildman–Crippen MR) is 72.3 cm³/mol. The highest BCUT2D eigenvalue weighted by Gasteiger charge is 2.46. The van der Waals surface area contributed by atoms with Crippen LogP contribution in [0.2, 0.25) is 0 Å². The number of rotatable bonds is 10. The molecule has 0 amide bonds. The van der Waals surface area contributed by atoms with Crippen LogP contribution in [0.3, 0.4) is 0 Å². The third kappa shape index (κ3) is 4.96. The Bertz CT molecular complexity index is 449. The van der Waals surface area contributed by atoms with E-state index in [0.29, 0.717) is 38.9 Å². The van der Waals surface area contributed by atoms with E-state index >= 15 is 0 Å². The molecule has 2 unspecified atom stereocenters. The zero-order chi connectivity index (χ0) is 15.1. The van der Waals surface area contributed by atoms with Crippen molar-refractivity contribution in [3.63, 3.8) is 0 Å². The van der Waals surface area contributed by atoms with E-state index in [9.17, 15) is 4.79 Å². The Morgan fingerprint density at radius 2 is 2.05 bits per heavy atom. The highest BCUT2D eigenvalue weighted by atomic mass is 16.6. The van der Waals surface area contributed by atoms with E-state index in [4.69, 9.17) is 24.1 Å². The number of ether oxygens (including phenoxy) is 4. The summed E-state index contributed by atoms with van der Waals surface area (Å²) in [6, 6.07) is 3.45. The molecule has 7 heteroatoms. The Morgan fingerprint density at radius 3 is 2.67 bits per heavy atom. The Kier molecular flexibility index (Phi) is 5.91. The fraction of sp³-hybridized carbons (Fsp3) is 0.571. The number of pyridine rings is 1. The first-order valence-corrected chi connectivity index (χ1v) is 6.85.